The van der Waals surface area contributed by atoms with Crippen molar-refractivity contribution >= 4 is 39.1 Å². The number of aryl methyl sites for hydroxylation is 2. The predicted octanol–water partition coefficient (Wildman–Crippen LogP) is 4.07. The SMILES string of the molecule is Cc1nn(C)c(CC(O)c2cc(Cl)ccc2Br)c1Cl. The number of hydrogen-bond donors (Lipinski definition) is 1. The molecule has 0 bridgehead atoms. The van der Waals surface area contributed by atoms with Crippen molar-refractivity contribution in [1.82, 2.24) is 9.78 Å². The Balaban J connectivity index is 2.30. The Kier molecular flexibility index (Phi) is 4.56. The second kappa shape index (κ2) is 5.83. The van der Waals surface area contributed by atoms with Crippen LogP contribution in [0.3, 0.4) is 0 Å². The van der Waals surface area contributed by atoms with Crippen LogP contribution in [0.4, 0.5) is 0 Å². The van der Waals surface area contributed by atoms with Crippen molar-refractivity contribution in [3.63, 3.8) is 0 Å². The van der Waals surface area contributed by atoms with Gasteiger partial charge in [0, 0.05) is 23.0 Å². The molecule has 1 heterocycles. The van der Waals surface area contributed by atoms with Crippen molar-refractivity contribution < 1.29 is 5.11 Å². The van der Waals surface area contributed by atoms with Gasteiger partial charge < -0.3 is 5.11 Å². The molecule has 0 aliphatic carbocycles. The van der Waals surface area contributed by atoms with E-state index in [9.17, 15) is 5.11 Å². The summed E-state index contributed by atoms with van der Waals surface area (Å²) in [7, 11) is 1.81. The van der Waals surface area contributed by atoms with Gasteiger partial charge in [0.1, 0.15) is 0 Å². The highest BCUT2D eigenvalue weighted by molar-refractivity contribution is 9.10. The smallest absolute Gasteiger partial charge is 0.0857 e. The summed E-state index contributed by atoms with van der Waals surface area (Å²) in [6, 6.07) is 5.33. The van der Waals surface area contributed by atoms with Gasteiger partial charge in [-0.2, -0.15) is 5.10 Å². The van der Waals surface area contributed by atoms with Crippen LogP contribution in [0.15, 0.2) is 22.7 Å². The Bertz CT molecular complexity index is 613. The summed E-state index contributed by atoms with van der Waals surface area (Å²) in [6.07, 6.45) is -0.310. The number of aromatic nitrogens is 2. The predicted molar refractivity (Wildman–Crippen MR) is 80.8 cm³/mol. The lowest BCUT2D eigenvalue weighted by atomic mass is 10.0. The number of nitrogens with zero attached hydrogens (tertiary/aromatic N) is 2. The highest BCUT2D eigenvalue weighted by Gasteiger charge is 2.18. The van der Waals surface area contributed by atoms with Gasteiger partial charge in [-0.3, -0.25) is 4.68 Å². The summed E-state index contributed by atoms with van der Waals surface area (Å²) < 4.78 is 2.51. The van der Waals surface area contributed by atoms with E-state index in [1.807, 2.05) is 20.0 Å². The summed E-state index contributed by atoms with van der Waals surface area (Å²) in [5.41, 5.74) is 2.30. The van der Waals surface area contributed by atoms with Crippen LogP contribution in [0.1, 0.15) is 23.1 Å². The van der Waals surface area contributed by atoms with E-state index in [0.717, 1.165) is 21.4 Å². The monoisotopic (exact) mass is 362 g/mol. The molecule has 0 fully saturated rings. The molecule has 1 unspecified atom stereocenters. The molecule has 1 aromatic carbocycles. The molecule has 19 heavy (non-hydrogen) atoms. The van der Waals surface area contributed by atoms with Crippen molar-refractivity contribution in [2.24, 2.45) is 7.05 Å². The van der Waals surface area contributed by atoms with Crippen LogP contribution in [0.25, 0.3) is 0 Å². The summed E-state index contributed by atoms with van der Waals surface area (Å²) in [6.45, 7) is 1.84. The van der Waals surface area contributed by atoms with E-state index in [2.05, 4.69) is 21.0 Å². The van der Waals surface area contributed by atoms with Gasteiger partial charge in [-0.25, -0.2) is 0 Å². The average Bonchev–Trinajstić information content (AvgIpc) is 2.59. The Morgan fingerprint density at radius 1 is 1.42 bits per heavy atom. The van der Waals surface area contributed by atoms with Gasteiger partial charge in [0.2, 0.25) is 0 Å². The molecule has 102 valence electrons. The summed E-state index contributed by atoms with van der Waals surface area (Å²) >= 11 is 15.6. The molecule has 0 radical (unpaired) electrons. The number of rotatable bonds is 3. The van der Waals surface area contributed by atoms with E-state index in [1.165, 1.54) is 0 Å². The van der Waals surface area contributed by atoms with Crippen molar-refractivity contribution in [1.29, 1.82) is 0 Å². The first-order chi connectivity index (χ1) is 8.90. The summed E-state index contributed by atoms with van der Waals surface area (Å²) in [4.78, 5) is 0. The fraction of sp³-hybridized carbons (Fsp3) is 0.308. The van der Waals surface area contributed by atoms with Gasteiger partial charge >= 0.3 is 0 Å². The van der Waals surface area contributed by atoms with Crippen LogP contribution in [0.5, 0.6) is 0 Å². The molecule has 1 aromatic heterocycles. The minimum atomic E-state index is -0.694. The standard InChI is InChI=1S/C13H13BrCl2N2O/c1-7-13(16)11(18(2)17-7)6-12(19)9-5-8(15)3-4-10(9)14/h3-5,12,19H,6H2,1-2H3. The van der Waals surface area contributed by atoms with Gasteiger partial charge in [0.25, 0.3) is 0 Å². The molecule has 2 aromatic rings. The van der Waals surface area contributed by atoms with Crippen LogP contribution in [0.2, 0.25) is 10.0 Å². The van der Waals surface area contributed by atoms with Gasteiger partial charge in [0.05, 0.1) is 22.5 Å². The van der Waals surface area contributed by atoms with Crippen LogP contribution in [-0.2, 0) is 13.5 Å². The van der Waals surface area contributed by atoms with Crippen LogP contribution in [-0.4, -0.2) is 14.9 Å². The lowest BCUT2D eigenvalue weighted by molar-refractivity contribution is 0.175. The minimum absolute atomic E-state index is 0.384. The quantitative estimate of drug-likeness (QED) is 0.892. The van der Waals surface area contributed by atoms with Crippen molar-refractivity contribution in [2.45, 2.75) is 19.4 Å². The molecule has 0 saturated heterocycles. The van der Waals surface area contributed by atoms with E-state index in [0.29, 0.717) is 16.5 Å². The number of aliphatic hydroxyl groups excluding tert-OH is 1. The Hall–Kier alpha value is -0.550. The first-order valence-electron chi connectivity index (χ1n) is 5.71. The Labute approximate surface area is 130 Å². The second-order valence-corrected chi connectivity index (χ2v) is 6.02. The van der Waals surface area contributed by atoms with E-state index < -0.39 is 6.10 Å². The van der Waals surface area contributed by atoms with E-state index >= 15 is 0 Å². The Morgan fingerprint density at radius 2 is 2.11 bits per heavy atom. The fourth-order valence-corrected chi connectivity index (χ4v) is 2.89. The fourth-order valence-electron chi connectivity index (χ4n) is 1.96. The lowest BCUT2D eigenvalue weighted by Gasteiger charge is -2.14. The number of hydrogen-bond acceptors (Lipinski definition) is 2. The third kappa shape index (κ3) is 3.14. The molecule has 6 heteroatoms. The highest BCUT2D eigenvalue weighted by Crippen LogP contribution is 2.31. The van der Waals surface area contributed by atoms with E-state index in [-0.39, 0.29) is 0 Å². The third-order valence-corrected chi connectivity index (χ3v) is 4.41. The first-order valence-corrected chi connectivity index (χ1v) is 7.26. The van der Waals surface area contributed by atoms with Crippen molar-refractivity contribution in [2.75, 3.05) is 0 Å². The third-order valence-electron chi connectivity index (χ3n) is 2.97. The maximum absolute atomic E-state index is 10.3. The highest BCUT2D eigenvalue weighted by atomic mass is 79.9. The Morgan fingerprint density at radius 3 is 2.68 bits per heavy atom. The van der Waals surface area contributed by atoms with Crippen LogP contribution in [0, 0.1) is 6.92 Å². The molecule has 1 atom stereocenters. The molecule has 0 aliphatic heterocycles. The zero-order chi connectivity index (χ0) is 14.2. The first kappa shape index (κ1) is 14.9. The molecule has 1 N–H and O–H groups in total. The molecule has 3 nitrogen and oxygen atoms in total. The molecule has 0 aliphatic rings. The number of aliphatic hydroxyl groups is 1. The lowest BCUT2D eigenvalue weighted by Crippen LogP contribution is -2.07. The molecular formula is C13H13BrCl2N2O. The normalized spacial score (nSPS) is 12.7. The summed E-state index contributed by atoms with van der Waals surface area (Å²) in [5, 5.41) is 15.8. The van der Waals surface area contributed by atoms with E-state index in [1.54, 1.807) is 16.8 Å². The van der Waals surface area contributed by atoms with E-state index in [4.69, 9.17) is 23.2 Å². The maximum Gasteiger partial charge on any atom is 0.0857 e. The largest absolute Gasteiger partial charge is 0.388 e. The van der Waals surface area contributed by atoms with Gasteiger partial charge in [-0.15, -0.1) is 0 Å². The van der Waals surface area contributed by atoms with Crippen molar-refractivity contribution in [3.8, 4) is 0 Å². The van der Waals surface area contributed by atoms with Crippen LogP contribution >= 0.6 is 39.1 Å². The zero-order valence-corrected chi connectivity index (χ0v) is 13.6. The number of benzene rings is 1. The molecule has 0 amide bonds. The maximum atomic E-state index is 10.3. The minimum Gasteiger partial charge on any atom is -0.388 e. The topological polar surface area (TPSA) is 38.0 Å². The molecule has 2 rings (SSSR count). The van der Waals surface area contributed by atoms with Crippen molar-refractivity contribution in [3.05, 3.63) is 49.7 Å². The molecule has 0 saturated carbocycles. The number of halogens is 3. The zero-order valence-electron chi connectivity index (χ0n) is 10.5. The second-order valence-electron chi connectivity index (χ2n) is 4.36. The average molecular weight is 364 g/mol. The van der Waals surface area contributed by atoms with Gasteiger partial charge in [-0.05, 0) is 30.7 Å². The van der Waals surface area contributed by atoms with Crippen LogP contribution < -0.4 is 0 Å². The molecular weight excluding hydrogens is 351 g/mol. The molecule has 0 spiro atoms. The van der Waals surface area contributed by atoms with Gasteiger partial charge in [0.15, 0.2) is 0 Å². The summed E-state index contributed by atoms with van der Waals surface area (Å²) in [5.74, 6) is 0. The van der Waals surface area contributed by atoms with Gasteiger partial charge in [-0.1, -0.05) is 39.1 Å².